The maximum absolute atomic E-state index is 10.7. The van der Waals surface area contributed by atoms with Crippen LogP contribution in [0.15, 0.2) is 24.8 Å². The van der Waals surface area contributed by atoms with Crippen molar-refractivity contribution in [2.45, 2.75) is 19.4 Å². The van der Waals surface area contributed by atoms with E-state index in [1.807, 2.05) is 0 Å². The molecule has 1 heterocycles. The van der Waals surface area contributed by atoms with Crippen LogP contribution < -0.4 is 5.73 Å². The Morgan fingerprint density at radius 3 is 2.53 bits per heavy atom. The fraction of sp³-hybridized carbons (Fsp3) is 0.538. The van der Waals surface area contributed by atoms with Crippen LogP contribution in [-0.2, 0) is 23.8 Å². The Hall–Kier alpha value is -1.66. The maximum Gasteiger partial charge on any atom is 0.333 e. The van der Waals surface area contributed by atoms with Gasteiger partial charge in [0.15, 0.2) is 0 Å². The monoisotopic (exact) mass is 271 g/mol. The molecule has 1 aliphatic rings. The van der Waals surface area contributed by atoms with Crippen LogP contribution in [0.1, 0.15) is 13.3 Å². The first-order valence-corrected chi connectivity index (χ1v) is 5.94. The van der Waals surface area contributed by atoms with Gasteiger partial charge >= 0.3 is 11.9 Å². The first kappa shape index (κ1) is 17.3. The molecule has 1 rings (SSSR count). The average molecular weight is 271 g/mol. The molecule has 0 radical (unpaired) electrons. The molecule has 0 bridgehead atoms. The van der Waals surface area contributed by atoms with Crippen LogP contribution in [0.2, 0.25) is 0 Å². The molecule has 19 heavy (non-hydrogen) atoms. The number of carbonyl (C=O) groups is 2. The zero-order valence-electron chi connectivity index (χ0n) is 11.2. The lowest BCUT2D eigenvalue weighted by Gasteiger charge is -2.01. The minimum Gasteiger partial charge on any atom is -0.462 e. The van der Waals surface area contributed by atoms with Gasteiger partial charge in [0.05, 0.1) is 13.2 Å². The highest BCUT2D eigenvalue weighted by Gasteiger charge is 2.23. The number of carbonyl (C=O) groups excluding carboxylic acids is 2. The molecule has 0 amide bonds. The summed E-state index contributed by atoms with van der Waals surface area (Å²) in [6.07, 6.45) is 2.00. The van der Waals surface area contributed by atoms with E-state index >= 15 is 0 Å². The average Bonchev–Trinajstić information content (AvgIpc) is 3.20. The topological polar surface area (TPSA) is 91.2 Å². The predicted octanol–water partition coefficient (Wildman–Crippen LogP) is 0.569. The van der Waals surface area contributed by atoms with E-state index in [0.29, 0.717) is 38.4 Å². The molecule has 1 saturated heterocycles. The van der Waals surface area contributed by atoms with Gasteiger partial charge in [0, 0.05) is 11.6 Å². The maximum atomic E-state index is 10.7. The SMILES string of the molecule is C=C(C)C(=O)OCCCN.C=CC(=O)OCC1CO1. The first-order valence-electron chi connectivity index (χ1n) is 5.94. The highest BCUT2D eigenvalue weighted by atomic mass is 16.6. The molecule has 6 nitrogen and oxygen atoms in total. The van der Waals surface area contributed by atoms with Gasteiger partial charge in [-0.1, -0.05) is 13.2 Å². The van der Waals surface area contributed by atoms with Crippen molar-refractivity contribution >= 4 is 11.9 Å². The van der Waals surface area contributed by atoms with Crippen molar-refractivity contribution in [3.8, 4) is 0 Å². The highest BCUT2D eigenvalue weighted by molar-refractivity contribution is 5.86. The van der Waals surface area contributed by atoms with Crippen molar-refractivity contribution in [2.24, 2.45) is 5.73 Å². The number of esters is 2. The van der Waals surface area contributed by atoms with E-state index < -0.39 is 0 Å². The van der Waals surface area contributed by atoms with E-state index in [2.05, 4.69) is 17.9 Å². The minimum absolute atomic E-state index is 0.147. The number of epoxide rings is 1. The van der Waals surface area contributed by atoms with Gasteiger partial charge in [-0.05, 0) is 19.9 Å². The van der Waals surface area contributed by atoms with Gasteiger partial charge in [-0.25, -0.2) is 9.59 Å². The van der Waals surface area contributed by atoms with Gasteiger partial charge in [-0.15, -0.1) is 0 Å². The van der Waals surface area contributed by atoms with Crippen LogP contribution >= 0.6 is 0 Å². The number of nitrogens with two attached hydrogens (primary N) is 1. The molecule has 0 spiro atoms. The lowest BCUT2D eigenvalue weighted by atomic mass is 10.4. The number of hydrogen-bond donors (Lipinski definition) is 1. The summed E-state index contributed by atoms with van der Waals surface area (Å²) < 4.78 is 14.2. The third kappa shape index (κ3) is 11.2. The van der Waals surface area contributed by atoms with Gasteiger partial charge in [0.1, 0.15) is 12.7 Å². The standard InChI is InChI=1S/C7H13NO2.C6H8O3/c1-6(2)7(9)10-5-3-4-8;1-2-6(7)9-4-5-3-8-5/h1,3-5,8H2,2H3;2,5H,1,3-4H2. The number of ether oxygens (including phenoxy) is 3. The molecule has 0 aromatic rings. The lowest BCUT2D eigenvalue weighted by molar-refractivity contribution is -0.139. The molecule has 1 unspecified atom stereocenters. The van der Waals surface area contributed by atoms with Crippen LogP contribution in [-0.4, -0.2) is 44.4 Å². The van der Waals surface area contributed by atoms with E-state index in [-0.39, 0.29) is 18.0 Å². The molecule has 1 aliphatic heterocycles. The molecule has 108 valence electrons. The Morgan fingerprint density at radius 1 is 1.47 bits per heavy atom. The molecular weight excluding hydrogens is 250 g/mol. The van der Waals surface area contributed by atoms with Crippen LogP contribution in [0.4, 0.5) is 0 Å². The van der Waals surface area contributed by atoms with Gasteiger partial charge in [0.25, 0.3) is 0 Å². The third-order valence-corrected chi connectivity index (χ3v) is 1.91. The number of rotatable bonds is 7. The highest BCUT2D eigenvalue weighted by Crippen LogP contribution is 2.08. The summed E-state index contributed by atoms with van der Waals surface area (Å²) in [6.45, 7) is 10.3. The Kier molecular flexibility index (Phi) is 9.38. The van der Waals surface area contributed by atoms with E-state index in [9.17, 15) is 9.59 Å². The van der Waals surface area contributed by atoms with Crippen LogP contribution in [0.5, 0.6) is 0 Å². The summed E-state index contributed by atoms with van der Waals surface area (Å²) in [5.41, 5.74) is 5.60. The molecule has 0 saturated carbocycles. The second kappa shape index (κ2) is 10.3. The normalized spacial score (nSPS) is 15.6. The molecule has 2 N–H and O–H groups in total. The fourth-order valence-electron chi connectivity index (χ4n) is 0.770. The quantitative estimate of drug-likeness (QED) is 0.315. The predicted molar refractivity (Wildman–Crippen MR) is 70.3 cm³/mol. The Bertz CT molecular complexity index is 323. The smallest absolute Gasteiger partial charge is 0.333 e. The summed E-state index contributed by atoms with van der Waals surface area (Å²) in [4.78, 5) is 21.0. The van der Waals surface area contributed by atoms with Crippen molar-refractivity contribution in [1.82, 2.24) is 0 Å². The van der Waals surface area contributed by atoms with E-state index in [1.54, 1.807) is 6.92 Å². The summed E-state index contributed by atoms with van der Waals surface area (Å²) in [5.74, 6) is -0.723. The van der Waals surface area contributed by atoms with E-state index in [4.69, 9.17) is 15.2 Å². The molecule has 0 aromatic carbocycles. The zero-order chi connectivity index (χ0) is 14.7. The van der Waals surface area contributed by atoms with Gasteiger partial charge in [0.2, 0.25) is 0 Å². The molecule has 6 heteroatoms. The van der Waals surface area contributed by atoms with Crippen molar-refractivity contribution < 1.29 is 23.8 Å². The second-order valence-electron chi connectivity index (χ2n) is 3.85. The fourth-order valence-corrected chi connectivity index (χ4v) is 0.770. The third-order valence-electron chi connectivity index (χ3n) is 1.91. The first-order chi connectivity index (χ1) is 9.01. The van der Waals surface area contributed by atoms with Gasteiger partial charge in [-0.2, -0.15) is 0 Å². The Labute approximate surface area is 113 Å². The van der Waals surface area contributed by atoms with Crippen molar-refractivity contribution in [3.05, 3.63) is 24.8 Å². The molecule has 0 aromatic heterocycles. The molecule has 0 aliphatic carbocycles. The summed E-state index contributed by atoms with van der Waals surface area (Å²) in [7, 11) is 0. The second-order valence-corrected chi connectivity index (χ2v) is 3.85. The Morgan fingerprint density at radius 2 is 2.11 bits per heavy atom. The van der Waals surface area contributed by atoms with Gasteiger partial charge in [-0.3, -0.25) is 0 Å². The van der Waals surface area contributed by atoms with Crippen molar-refractivity contribution in [2.75, 3.05) is 26.4 Å². The van der Waals surface area contributed by atoms with Crippen LogP contribution in [0, 0.1) is 0 Å². The van der Waals surface area contributed by atoms with E-state index in [1.165, 1.54) is 0 Å². The van der Waals surface area contributed by atoms with Crippen LogP contribution in [0.25, 0.3) is 0 Å². The molecule has 1 fully saturated rings. The minimum atomic E-state index is -0.384. The van der Waals surface area contributed by atoms with Crippen molar-refractivity contribution in [1.29, 1.82) is 0 Å². The lowest BCUT2D eigenvalue weighted by Crippen LogP contribution is -2.09. The zero-order valence-corrected chi connectivity index (χ0v) is 11.2. The molecule has 1 atom stereocenters. The summed E-state index contributed by atoms with van der Waals surface area (Å²) in [5, 5.41) is 0. The van der Waals surface area contributed by atoms with E-state index in [0.717, 1.165) is 6.08 Å². The van der Waals surface area contributed by atoms with Crippen LogP contribution in [0.3, 0.4) is 0 Å². The largest absolute Gasteiger partial charge is 0.462 e. The Balaban J connectivity index is 0.000000342. The van der Waals surface area contributed by atoms with Gasteiger partial charge < -0.3 is 19.9 Å². The summed E-state index contributed by atoms with van der Waals surface area (Å²) >= 11 is 0. The van der Waals surface area contributed by atoms with Crippen molar-refractivity contribution in [3.63, 3.8) is 0 Å². The number of hydrogen-bond acceptors (Lipinski definition) is 6. The molecular formula is C13H21NO5. The summed E-state index contributed by atoms with van der Waals surface area (Å²) in [6, 6.07) is 0.